The van der Waals surface area contributed by atoms with E-state index in [1.165, 1.54) is 0 Å². The number of guanidine groups is 1. The molecule has 104 valence electrons. The highest BCUT2D eigenvalue weighted by molar-refractivity contribution is 14.1. The molecule has 1 atom stereocenters. The number of nitrogens with zero attached hydrogens (tertiary/aromatic N) is 2. The van der Waals surface area contributed by atoms with E-state index < -0.39 is 0 Å². The molecule has 1 fully saturated rings. The van der Waals surface area contributed by atoms with Crippen LogP contribution in [0.25, 0.3) is 0 Å². The molecule has 0 bridgehead atoms. The summed E-state index contributed by atoms with van der Waals surface area (Å²) in [6, 6.07) is 5.80. The highest BCUT2D eigenvalue weighted by Gasteiger charge is 2.17. The molecule has 19 heavy (non-hydrogen) atoms. The zero-order valence-electron chi connectivity index (χ0n) is 10.8. The van der Waals surface area contributed by atoms with E-state index in [1.807, 2.05) is 25.1 Å². The Labute approximate surface area is 132 Å². The van der Waals surface area contributed by atoms with Crippen molar-refractivity contribution in [3.63, 3.8) is 0 Å². The molecule has 1 aliphatic rings. The highest BCUT2D eigenvalue weighted by atomic mass is 127. The molecular weight excluding hydrogens is 377 g/mol. The third-order valence-corrected chi connectivity index (χ3v) is 4.23. The molecule has 0 spiro atoms. The van der Waals surface area contributed by atoms with E-state index in [2.05, 4.69) is 32.5 Å². The summed E-state index contributed by atoms with van der Waals surface area (Å²) in [6.07, 6.45) is 0.207. The SMILES string of the molecule is CC1CN(C(N)=NCc2ccc(Cl)cc2I)CCO1. The van der Waals surface area contributed by atoms with Crippen molar-refractivity contribution in [2.75, 3.05) is 19.7 Å². The first-order valence-corrected chi connectivity index (χ1v) is 7.62. The second-order valence-corrected chi connectivity index (χ2v) is 6.14. The van der Waals surface area contributed by atoms with Crippen LogP contribution in [0.1, 0.15) is 12.5 Å². The lowest BCUT2D eigenvalue weighted by Gasteiger charge is -2.31. The van der Waals surface area contributed by atoms with Crippen LogP contribution in [0.2, 0.25) is 5.02 Å². The van der Waals surface area contributed by atoms with Crippen molar-refractivity contribution in [1.29, 1.82) is 0 Å². The summed E-state index contributed by atoms with van der Waals surface area (Å²) < 4.78 is 6.59. The number of hydrogen-bond acceptors (Lipinski definition) is 2. The molecule has 0 aliphatic carbocycles. The Morgan fingerprint density at radius 1 is 1.63 bits per heavy atom. The maximum atomic E-state index is 6.03. The molecule has 1 aliphatic heterocycles. The van der Waals surface area contributed by atoms with Crippen LogP contribution in [0.15, 0.2) is 23.2 Å². The quantitative estimate of drug-likeness (QED) is 0.477. The standard InChI is InChI=1S/C13H17ClIN3O/c1-9-8-18(4-5-19-9)13(16)17-7-10-2-3-11(14)6-12(10)15/h2-3,6,9H,4-5,7-8H2,1H3,(H2,16,17). The van der Waals surface area contributed by atoms with Crippen molar-refractivity contribution in [2.45, 2.75) is 19.6 Å². The van der Waals surface area contributed by atoms with Crippen molar-refractivity contribution < 1.29 is 4.74 Å². The summed E-state index contributed by atoms with van der Waals surface area (Å²) >= 11 is 8.19. The van der Waals surface area contributed by atoms with Gasteiger partial charge in [-0.3, -0.25) is 0 Å². The lowest BCUT2D eigenvalue weighted by atomic mass is 10.2. The Morgan fingerprint density at radius 2 is 2.42 bits per heavy atom. The van der Waals surface area contributed by atoms with E-state index in [1.54, 1.807) is 0 Å². The lowest BCUT2D eigenvalue weighted by molar-refractivity contribution is 0.00529. The van der Waals surface area contributed by atoms with Crippen LogP contribution in [0, 0.1) is 3.57 Å². The number of aliphatic imine (C=N–C) groups is 1. The first kappa shape index (κ1) is 14.9. The summed E-state index contributed by atoms with van der Waals surface area (Å²) in [5, 5.41) is 0.743. The maximum absolute atomic E-state index is 6.03. The summed E-state index contributed by atoms with van der Waals surface area (Å²) in [5.74, 6) is 0.584. The third-order valence-electron chi connectivity index (χ3n) is 2.99. The topological polar surface area (TPSA) is 50.8 Å². The van der Waals surface area contributed by atoms with Crippen LogP contribution in [-0.4, -0.2) is 36.7 Å². The largest absolute Gasteiger partial charge is 0.375 e. The third kappa shape index (κ3) is 4.22. The molecule has 0 saturated carbocycles. The van der Waals surface area contributed by atoms with E-state index in [0.717, 1.165) is 27.2 Å². The fraction of sp³-hybridized carbons (Fsp3) is 0.462. The van der Waals surface area contributed by atoms with Gasteiger partial charge in [0.1, 0.15) is 0 Å². The fourth-order valence-electron chi connectivity index (χ4n) is 1.94. The van der Waals surface area contributed by atoms with Gasteiger partial charge in [-0.05, 0) is 47.2 Å². The highest BCUT2D eigenvalue weighted by Crippen LogP contribution is 2.18. The van der Waals surface area contributed by atoms with E-state index >= 15 is 0 Å². The minimum absolute atomic E-state index is 0.207. The van der Waals surface area contributed by atoms with Crippen molar-refractivity contribution >= 4 is 40.2 Å². The van der Waals surface area contributed by atoms with E-state index in [4.69, 9.17) is 22.1 Å². The Kier molecular flexibility index (Phi) is 5.29. The van der Waals surface area contributed by atoms with Gasteiger partial charge >= 0.3 is 0 Å². The molecule has 1 aromatic rings. The minimum Gasteiger partial charge on any atom is -0.375 e. The number of benzene rings is 1. The molecule has 1 aromatic carbocycles. The van der Waals surface area contributed by atoms with Gasteiger partial charge in [0.05, 0.1) is 19.3 Å². The molecule has 0 radical (unpaired) electrons. The molecule has 1 unspecified atom stereocenters. The molecule has 4 nitrogen and oxygen atoms in total. The zero-order chi connectivity index (χ0) is 13.8. The van der Waals surface area contributed by atoms with Gasteiger partial charge in [0.15, 0.2) is 5.96 Å². The van der Waals surface area contributed by atoms with Gasteiger partial charge in [0, 0.05) is 21.7 Å². The smallest absolute Gasteiger partial charge is 0.191 e. The fourth-order valence-corrected chi connectivity index (χ4v) is 2.98. The number of rotatable bonds is 2. The van der Waals surface area contributed by atoms with Gasteiger partial charge in [-0.2, -0.15) is 0 Å². The number of hydrogen-bond donors (Lipinski definition) is 1. The predicted octanol–water partition coefficient (Wildman–Crippen LogP) is 2.48. The van der Waals surface area contributed by atoms with Crippen molar-refractivity contribution in [3.05, 3.63) is 32.4 Å². The van der Waals surface area contributed by atoms with Gasteiger partial charge in [0.2, 0.25) is 0 Å². The second-order valence-electron chi connectivity index (χ2n) is 4.54. The van der Waals surface area contributed by atoms with Crippen LogP contribution >= 0.6 is 34.2 Å². The van der Waals surface area contributed by atoms with Crippen LogP contribution in [0.3, 0.4) is 0 Å². The van der Waals surface area contributed by atoms with Crippen molar-refractivity contribution in [3.8, 4) is 0 Å². The van der Waals surface area contributed by atoms with Crippen LogP contribution in [0.4, 0.5) is 0 Å². The number of nitrogens with two attached hydrogens (primary N) is 1. The van der Waals surface area contributed by atoms with Gasteiger partial charge < -0.3 is 15.4 Å². The first-order chi connectivity index (χ1) is 9.06. The van der Waals surface area contributed by atoms with Crippen LogP contribution in [-0.2, 0) is 11.3 Å². The molecule has 2 rings (SSSR count). The lowest BCUT2D eigenvalue weighted by Crippen LogP contribution is -2.47. The van der Waals surface area contributed by atoms with Gasteiger partial charge in [-0.15, -0.1) is 0 Å². The summed E-state index contributed by atoms with van der Waals surface area (Å²) in [4.78, 5) is 6.53. The Balaban J connectivity index is 2.01. The Bertz CT molecular complexity index is 481. The first-order valence-electron chi connectivity index (χ1n) is 6.16. The summed E-state index contributed by atoms with van der Waals surface area (Å²) in [7, 11) is 0. The summed E-state index contributed by atoms with van der Waals surface area (Å²) in [6.45, 7) is 4.93. The molecule has 0 aromatic heterocycles. The number of halogens is 2. The van der Waals surface area contributed by atoms with Crippen molar-refractivity contribution in [2.24, 2.45) is 10.7 Å². The van der Waals surface area contributed by atoms with Gasteiger partial charge in [-0.25, -0.2) is 4.99 Å². The van der Waals surface area contributed by atoms with Crippen LogP contribution < -0.4 is 5.73 Å². The van der Waals surface area contributed by atoms with E-state index in [0.29, 0.717) is 19.1 Å². The molecule has 1 saturated heterocycles. The molecule has 0 amide bonds. The maximum Gasteiger partial charge on any atom is 0.191 e. The number of ether oxygens (including phenoxy) is 1. The normalized spacial score (nSPS) is 20.7. The van der Waals surface area contributed by atoms with Gasteiger partial charge in [0.25, 0.3) is 0 Å². The summed E-state index contributed by atoms with van der Waals surface area (Å²) in [5.41, 5.74) is 7.16. The average Bonchev–Trinajstić information content (AvgIpc) is 2.37. The monoisotopic (exact) mass is 393 g/mol. The van der Waals surface area contributed by atoms with Crippen molar-refractivity contribution in [1.82, 2.24) is 4.90 Å². The van der Waals surface area contributed by atoms with Gasteiger partial charge in [-0.1, -0.05) is 17.7 Å². The average molecular weight is 394 g/mol. The molecule has 6 heteroatoms. The zero-order valence-corrected chi connectivity index (χ0v) is 13.7. The van der Waals surface area contributed by atoms with E-state index in [-0.39, 0.29) is 6.10 Å². The Hall–Kier alpha value is -0.530. The number of morpholine rings is 1. The molecular formula is C13H17ClIN3O. The minimum atomic E-state index is 0.207. The van der Waals surface area contributed by atoms with Crippen LogP contribution in [0.5, 0.6) is 0 Å². The second kappa shape index (κ2) is 6.76. The molecule has 2 N–H and O–H groups in total. The predicted molar refractivity (Wildman–Crippen MR) is 86.5 cm³/mol. The van der Waals surface area contributed by atoms with E-state index in [9.17, 15) is 0 Å². The Morgan fingerprint density at radius 3 is 3.11 bits per heavy atom. The molecule has 1 heterocycles.